The number of nitrogens with one attached hydrogen (secondary N) is 1. The van der Waals surface area contributed by atoms with Gasteiger partial charge in [-0.05, 0) is 29.9 Å². The van der Waals surface area contributed by atoms with Gasteiger partial charge in [0.2, 0.25) is 5.91 Å². The summed E-state index contributed by atoms with van der Waals surface area (Å²) in [4.78, 5) is 12.0. The lowest BCUT2D eigenvalue weighted by Gasteiger charge is -2.23. The van der Waals surface area contributed by atoms with Crippen molar-refractivity contribution in [3.05, 3.63) is 35.4 Å². The Hall–Kier alpha value is -1.39. The molecule has 1 aromatic carbocycles. The molecule has 4 nitrogen and oxygen atoms in total. The van der Waals surface area contributed by atoms with Crippen molar-refractivity contribution in [1.82, 2.24) is 5.32 Å². The molecule has 1 aromatic rings. The summed E-state index contributed by atoms with van der Waals surface area (Å²) >= 11 is 0. The predicted molar refractivity (Wildman–Crippen MR) is 75.5 cm³/mol. The lowest BCUT2D eigenvalue weighted by Crippen LogP contribution is -2.40. The highest BCUT2D eigenvalue weighted by atomic mass is 16.6. The summed E-state index contributed by atoms with van der Waals surface area (Å²) in [5, 5.41) is 2.96. The molecule has 0 saturated carbocycles. The molecule has 0 radical (unpaired) electrons. The molecular formula is C16H21NO3. The van der Waals surface area contributed by atoms with Gasteiger partial charge >= 0.3 is 0 Å². The molecule has 108 valence electrons. The number of fused-ring (bicyclic) bond motifs is 1. The summed E-state index contributed by atoms with van der Waals surface area (Å²) < 4.78 is 10.8. The van der Waals surface area contributed by atoms with Crippen LogP contribution in [0.3, 0.4) is 0 Å². The Morgan fingerprint density at radius 1 is 1.20 bits per heavy atom. The number of carbonyl (C=O) groups excluding carboxylic acids is 1. The van der Waals surface area contributed by atoms with Crippen LogP contribution in [0, 0.1) is 5.92 Å². The van der Waals surface area contributed by atoms with E-state index >= 15 is 0 Å². The Kier molecular flexibility index (Phi) is 4.33. The Labute approximate surface area is 119 Å². The van der Waals surface area contributed by atoms with Crippen molar-refractivity contribution in [3.8, 4) is 0 Å². The van der Waals surface area contributed by atoms with Gasteiger partial charge in [0.25, 0.3) is 0 Å². The first-order valence-electron chi connectivity index (χ1n) is 7.34. The van der Waals surface area contributed by atoms with E-state index in [0.29, 0.717) is 38.7 Å². The number of carbonyl (C=O) groups is 1. The van der Waals surface area contributed by atoms with Crippen LogP contribution in [0.1, 0.15) is 17.5 Å². The van der Waals surface area contributed by atoms with E-state index in [0.717, 1.165) is 12.8 Å². The zero-order valence-corrected chi connectivity index (χ0v) is 11.6. The van der Waals surface area contributed by atoms with Crippen molar-refractivity contribution in [1.29, 1.82) is 0 Å². The largest absolute Gasteiger partial charge is 0.376 e. The van der Waals surface area contributed by atoms with Crippen molar-refractivity contribution in [2.75, 3.05) is 26.4 Å². The van der Waals surface area contributed by atoms with E-state index in [4.69, 9.17) is 9.47 Å². The molecule has 1 N–H and O–H groups in total. The molecule has 4 heteroatoms. The molecule has 1 unspecified atom stereocenters. The molecule has 1 heterocycles. The van der Waals surface area contributed by atoms with Gasteiger partial charge in [0.1, 0.15) is 0 Å². The minimum Gasteiger partial charge on any atom is -0.376 e. The minimum atomic E-state index is 0.00785. The fraction of sp³-hybridized carbons (Fsp3) is 0.562. The van der Waals surface area contributed by atoms with Gasteiger partial charge in [-0.2, -0.15) is 0 Å². The second-order valence-corrected chi connectivity index (χ2v) is 5.62. The van der Waals surface area contributed by atoms with E-state index in [1.54, 1.807) is 0 Å². The minimum absolute atomic E-state index is 0.00785. The van der Waals surface area contributed by atoms with E-state index in [2.05, 4.69) is 29.6 Å². The first-order valence-corrected chi connectivity index (χ1v) is 7.34. The van der Waals surface area contributed by atoms with E-state index in [-0.39, 0.29) is 12.0 Å². The van der Waals surface area contributed by atoms with Crippen LogP contribution in [0.25, 0.3) is 0 Å². The Morgan fingerprint density at radius 2 is 1.95 bits per heavy atom. The third-order valence-corrected chi connectivity index (χ3v) is 4.02. The monoisotopic (exact) mass is 275 g/mol. The van der Waals surface area contributed by atoms with Crippen LogP contribution in [0.4, 0.5) is 0 Å². The summed E-state index contributed by atoms with van der Waals surface area (Å²) in [5.41, 5.74) is 2.80. The fourth-order valence-electron chi connectivity index (χ4n) is 3.01. The summed E-state index contributed by atoms with van der Waals surface area (Å²) in [6.07, 6.45) is 2.65. The summed E-state index contributed by atoms with van der Waals surface area (Å²) in [7, 11) is 0. The number of hydrogen-bond donors (Lipinski definition) is 1. The number of ether oxygens (including phenoxy) is 2. The topological polar surface area (TPSA) is 47.6 Å². The lowest BCUT2D eigenvalue weighted by atomic mass is 10.0. The third-order valence-electron chi connectivity index (χ3n) is 4.02. The normalized spacial score (nSPS) is 22.5. The van der Waals surface area contributed by atoms with Crippen LogP contribution in [0.2, 0.25) is 0 Å². The van der Waals surface area contributed by atoms with Crippen LogP contribution < -0.4 is 5.32 Å². The number of amides is 1. The molecule has 1 fully saturated rings. The molecule has 0 aromatic heterocycles. The highest BCUT2D eigenvalue weighted by molar-refractivity contribution is 5.76. The average Bonchev–Trinajstić information content (AvgIpc) is 2.88. The average molecular weight is 275 g/mol. The van der Waals surface area contributed by atoms with Crippen molar-refractivity contribution < 1.29 is 14.3 Å². The van der Waals surface area contributed by atoms with Crippen LogP contribution in [0.5, 0.6) is 0 Å². The SMILES string of the molecule is O=C(CC1Cc2ccccc2C1)NCC1COCCO1. The van der Waals surface area contributed by atoms with Crippen LogP contribution in [-0.2, 0) is 27.1 Å². The molecule has 0 spiro atoms. The second kappa shape index (κ2) is 6.37. The molecule has 1 saturated heterocycles. The fourth-order valence-corrected chi connectivity index (χ4v) is 3.01. The van der Waals surface area contributed by atoms with Crippen LogP contribution in [0.15, 0.2) is 24.3 Å². The third kappa shape index (κ3) is 3.38. The van der Waals surface area contributed by atoms with E-state index in [1.807, 2.05) is 0 Å². The van der Waals surface area contributed by atoms with Gasteiger partial charge in [0.05, 0.1) is 25.9 Å². The van der Waals surface area contributed by atoms with Crippen LogP contribution in [-0.4, -0.2) is 38.4 Å². The van der Waals surface area contributed by atoms with Gasteiger partial charge in [0, 0.05) is 13.0 Å². The zero-order chi connectivity index (χ0) is 13.8. The van der Waals surface area contributed by atoms with Gasteiger partial charge < -0.3 is 14.8 Å². The molecule has 20 heavy (non-hydrogen) atoms. The van der Waals surface area contributed by atoms with Gasteiger partial charge in [-0.25, -0.2) is 0 Å². The summed E-state index contributed by atoms with van der Waals surface area (Å²) in [6.45, 7) is 2.41. The molecular weight excluding hydrogens is 254 g/mol. The smallest absolute Gasteiger partial charge is 0.220 e. The number of hydrogen-bond acceptors (Lipinski definition) is 3. The van der Waals surface area contributed by atoms with Gasteiger partial charge in [-0.3, -0.25) is 4.79 Å². The molecule has 1 amide bonds. The molecule has 3 rings (SSSR count). The lowest BCUT2D eigenvalue weighted by molar-refractivity contribution is -0.124. The predicted octanol–water partition coefficient (Wildman–Crippen LogP) is 1.32. The van der Waals surface area contributed by atoms with Crippen LogP contribution >= 0.6 is 0 Å². The van der Waals surface area contributed by atoms with Gasteiger partial charge in [-0.15, -0.1) is 0 Å². The standard InChI is InChI=1S/C16H21NO3/c18-16(17-10-15-11-19-5-6-20-15)9-12-7-13-3-1-2-4-14(13)8-12/h1-4,12,15H,5-11H2,(H,17,18). The molecule has 1 aliphatic carbocycles. The maximum atomic E-state index is 12.0. The zero-order valence-electron chi connectivity index (χ0n) is 11.6. The summed E-state index contributed by atoms with van der Waals surface area (Å²) in [5.74, 6) is 0.563. The summed E-state index contributed by atoms with van der Waals surface area (Å²) in [6, 6.07) is 8.48. The van der Waals surface area contributed by atoms with E-state index in [9.17, 15) is 4.79 Å². The Bertz CT molecular complexity index is 444. The highest BCUT2D eigenvalue weighted by Gasteiger charge is 2.23. The quantitative estimate of drug-likeness (QED) is 0.901. The van der Waals surface area contributed by atoms with Gasteiger partial charge in [0.15, 0.2) is 0 Å². The first-order chi connectivity index (χ1) is 9.81. The van der Waals surface area contributed by atoms with Crippen molar-refractivity contribution in [2.45, 2.75) is 25.4 Å². The second-order valence-electron chi connectivity index (χ2n) is 5.62. The highest BCUT2D eigenvalue weighted by Crippen LogP contribution is 2.28. The maximum absolute atomic E-state index is 12.0. The Morgan fingerprint density at radius 3 is 2.60 bits per heavy atom. The number of rotatable bonds is 4. The molecule has 1 atom stereocenters. The van der Waals surface area contributed by atoms with Crippen molar-refractivity contribution in [2.24, 2.45) is 5.92 Å². The van der Waals surface area contributed by atoms with Crippen molar-refractivity contribution >= 4 is 5.91 Å². The number of benzene rings is 1. The first kappa shape index (κ1) is 13.6. The van der Waals surface area contributed by atoms with E-state index in [1.165, 1.54) is 11.1 Å². The molecule has 0 bridgehead atoms. The Balaban J connectivity index is 1.41. The van der Waals surface area contributed by atoms with Gasteiger partial charge in [-0.1, -0.05) is 24.3 Å². The maximum Gasteiger partial charge on any atom is 0.220 e. The molecule has 1 aliphatic heterocycles. The van der Waals surface area contributed by atoms with Crippen molar-refractivity contribution in [3.63, 3.8) is 0 Å². The molecule has 2 aliphatic rings. The van der Waals surface area contributed by atoms with E-state index < -0.39 is 0 Å².